The van der Waals surface area contributed by atoms with E-state index in [9.17, 15) is 14.0 Å². The molecule has 0 heterocycles. The number of carbonyl (C=O) groups excluding carboxylic acids is 2. The average molecular weight is 469 g/mol. The number of carbonyl (C=O) groups is 2. The molecule has 2 aromatic rings. The molecule has 2 atom stereocenters. The van der Waals surface area contributed by atoms with Gasteiger partial charge in [-0.2, -0.15) is 0 Å². The largest absolute Gasteiger partial charge is 0.484 e. The molecule has 0 aliphatic carbocycles. The minimum atomic E-state index is -0.731. The lowest BCUT2D eigenvalue weighted by Crippen LogP contribution is -2.51. The minimum Gasteiger partial charge on any atom is -0.484 e. The highest BCUT2D eigenvalue weighted by Crippen LogP contribution is 2.27. The molecule has 0 saturated carbocycles. The molecule has 168 valence electrons. The van der Waals surface area contributed by atoms with Gasteiger partial charge in [0, 0.05) is 28.2 Å². The lowest BCUT2D eigenvalue weighted by Gasteiger charge is -2.31. The number of nitrogens with zero attached hydrogens (tertiary/aromatic N) is 1. The number of hydrogen-bond donors (Lipinski definition) is 1. The van der Waals surface area contributed by atoms with E-state index in [1.165, 1.54) is 29.2 Å². The van der Waals surface area contributed by atoms with Crippen molar-refractivity contribution >= 4 is 35.0 Å². The van der Waals surface area contributed by atoms with E-state index in [-0.39, 0.29) is 25.1 Å². The topological polar surface area (TPSA) is 58.6 Å². The second kappa shape index (κ2) is 11.9. The lowest BCUT2D eigenvalue weighted by molar-refractivity contribution is -0.143. The molecule has 2 rings (SSSR count). The fourth-order valence-corrected chi connectivity index (χ4v) is 3.49. The normalized spacial score (nSPS) is 12.7. The van der Waals surface area contributed by atoms with Gasteiger partial charge < -0.3 is 15.0 Å². The first-order valence-electron chi connectivity index (χ1n) is 10.2. The Kier molecular flexibility index (Phi) is 9.59. The second-order valence-corrected chi connectivity index (χ2v) is 8.02. The van der Waals surface area contributed by atoms with Crippen molar-refractivity contribution in [3.8, 4) is 5.75 Å². The Labute approximate surface area is 192 Å². The standard InChI is InChI=1S/C23H27Cl2FN2O3/c1-4-15(3)27-23(30)21(5-2)28(13-18-19(24)7-6-8-20(18)25)22(29)14-31-17-11-9-16(26)10-12-17/h6-12,15,21H,4-5,13-14H2,1-3H3,(H,27,30)/t15-,21+/m0/s1. The van der Waals surface area contributed by atoms with Gasteiger partial charge in [0.2, 0.25) is 5.91 Å². The van der Waals surface area contributed by atoms with Gasteiger partial charge in [0.1, 0.15) is 17.6 Å². The van der Waals surface area contributed by atoms with E-state index in [0.717, 1.165) is 6.42 Å². The summed E-state index contributed by atoms with van der Waals surface area (Å²) in [6.45, 7) is 5.43. The van der Waals surface area contributed by atoms with Crippen LogP contribution >= 0.6 is 23.2 Å². The summed E-state index contributed by atoms with van der Waals surface area (Å²) >= 11 is 12.6. The van der Waals surface area contributed by atoms with Crippen molar-refractivity contribution in [2.45, 2.75) is 52.2 Å². The Bertz CT molecular complexity index is 873. The van der Waals surface area contributed by atoms with Crippen molar-refractivity contribution in [2.75, 3.05) is 6.61 Å². The summed E-state index contributed by atoms with van der Waals surface area (Å²) in [5.74, 6) is -0.717. The predicted molar refractivity (Wildman–Crippen MR) is 121 cm³/mol. The highest BCUT2D eigenvalue weighted by atomic mass is 35.5. The van der Waals surface area contributed by atoms with Crippen molar-refractivity contribution in [3.63, 3.8) is 0 Å². The van der Waals surface area contributed by atoms with Crippen LogP contribution in [0.5, 0.6) is 5.75 Å². The molecule has 0 saturated heterocycles. The highest BCUT2D eigenvalue weighted by Gasteiger charge is 2.30. The van der Waals surface area contributed by atoms with Gasteiger partial charge in [0.05, 0.1) is 0 Å². The van der Waals surface area contributed by atoms with E-state index in [4.69, 9.17) is 27.9 Å². The molecule has 2 amide bonds. The highest BCUT2D eigenvalue weighted by molar-refractivity contribution is 6.36. The van der Waals surface area contributed by atoms with E-state index in [1.807, 2.05) is 20.8 Å². The molecule has 0 spiro atoms. The molecule has 0 unspecified atom stereocenters. The number of nitrogens with one attached hydrogen (secondary N) is 1. The third-order valence-electron chi connectivity index (χ3n) is 4.95. The summed E-state index contributed by atoms with van der Waals surface area (Å²) in [4.78, 5) is 27.5. The van der Waals surface area contributed by atoms with Crippen molar-refractivity contribution in [1.82, 2.24) is 10.2 Å². The van der Waals surface area contributed by atoms with Crippen LogP contribution in [0.15, 0.2) is 42.5 Å². The van der Waals surface area contributed by atoms with Gasteiger partial charge in [-0.3, -0.25) is 9.59 Å². The third-order valence-corrected chi connectivity index (χ3v) is 5.66. The Balaban J connectivity index is 2.27. The Hall–Kier alpha value is -2.31. The fourth-order valence-electron chi connectivity index (χ4n) is 2.97. The van der Waals surface area contributed by atoms with Crippen LogP contribution in [-0.2, 0) is 16.1 Å². The summed E-state index contributed by atoms with van der Waals surface area (Å²) in [6, 6.07) is 9.68. The molecule has 8 heteroatoms. The number of halogens is 3. The van der Waals surface area contributed by atoms with Crippen LogP contribution in [0.1, 0.15) is 39.2 Å². The molecule has 2 aromatic carbocycles. The van der Waals surface area contributed by atoms with E-state index in [2.05, 4.69) is 5.32 Å². The summed E-state index contributed by atoms with van der Waals surface area (Å²) in [6.07, 6.45) is 1.16. The number of ether oxygens (including phenoxy) is 1. The molecule has 0 aromatic heterocycles. The van der Waals surface area contributed by atoms with Crippen LogP contribution in [-0.4, -0.2) is 35.4 Å². The van der Waals surface area contributed by atoms with Crippen LogP contribution in [0, 0.1) is 5.82 Å². The molecule has 5 nitrogen and oxygen atoms in total. The first-order valence-corrected chi connectivity index (χ1v) is 10.9. The maximum atomic E-state index is 13.1. The van der Waals surface area contributed by atoms with Crippen LogP contribution in [0.2, 0.25) is 10.0 Å². The minimum absolute atomic E-state index is 0.0298. The van der Waals surface area contributed by atoms with Crippen LogP contribution < -0.4 is 10.1 Å². The zero-order chi connectivity index (χ0) is 23.0. The first kappa shape index (κ1) is 25.0. The number of rotatable bonds is 10. The summed E-state index contributed by atoms with van der Waals surface area (Å²) in [7, 11) is 0. The van der Waals surface area contributed by atoms with E-state index in [0.29, 0.717) is 27.8 Å². The van der Waals surface area contributed by atoms with E-state index in [1.54, 1.807) is 18.2 Å². The van der Waals surface area contributed by atoms with Gasteiger partial charge >= 0.3 is 0 Å². The molecule has 0 radical (unpaired) electrons. The van der Waals surface area contributed by atoms with Crippen molar-refractivity contribution in [2.24, 2.45) is 0 Å². The number of hydrogen-bond acceptors (Lipinski definition) is 3. The number of benzene rings is 2. The molecule has 1 N–H and O–H groups in total. The predicted octanol–water partition coefficient (Wildman–Crippen LogP) is 5.23. The summed E-state index contributed by atoms with van der Waals surface area (Å²) in [5.41, 5.74) is 0.552. The third kappa shape index (κ3) is 7.11. The monoisotopic (exact) mass is 468 g/mol. The van der Waals surface area contributed by atoms with Gasteiger partial charge in [-0.25, -0.2) is 4.39 Å². The van der Waals surface area contributed by atoms with E-state index >= 15 is 0 Å². The molecule has 0 aliphatic rings. The van der Waals surface area contributed by atoms with Crippen molar-refractivity contribution in [3.05, 3.63) is 63.9 Å². The molecule has 0 bridgehead atoms. The van der Waals surface area contributed by atoms with Crippen LogP contribution in [0.25, 0.3) is 0 Å². The molecular formula is C23H27Cl2FN2O3. The Morgan fingerprint density at radius 2 is 1.68 bits per heavy atom. The van der Waals surface area contributed by atoms with E-state index < -0.39 is 17.8 Å². The number of amides is 2. The summed E-state index contributed by atoms with van der Waals surface area (Å²) in [5, 5.41) is 3.74. The molecular weight excluding hydrogens is 442 g/mol. The molecule has 0 aliphatic heterocycles. The molecule has 31 heavy (non-hydrogen) atoms. The van der Waals surface area contributed by atoms with Gasteiger partial charge in [0.15, 0.2) is 6.61 Å². The molecule has 0 fully saturated rings. The summed E-state index contributed by atoms with van der Waals surface area (Å²) < 4.78 is 18.6. The SMILES string of the molecule is CC[C@H](C(=O)N[C@@H](C)CC)N(Cc1c(Cl)cccc1Cl)C(=O)COc1ccc(F)cc1. The zero-order valence-corrected chi connectivity index (χ0v) is 19.3. The van der Waals surface area contributed by atoms with Gasteiger partial charge in [-0.1, -0.05) is 43.1 Å². The first-order chi connectivity index (χ1) is 14.8. The smallest absolute Gasteiger partial charge is 0.261 e. The Morgan fingerprint density at radius 3 is 2.23 bits per heavy atom. The van der Waals surface area contributed by atoms with Gasteiger partial charge in [-0.05, 0) is 56.2 Å². The maximum absolute atomic E-state index is 13.1. The second-order valence-electron chi connectivity index (χ2n) is 7.21. The lowest BCUT2D eigenvalue weighted by atomic mass is 10.1. The van der Waals surface area contributed by atoms with Crippen molar-refractivity contribution in [1.29, 1.82) is 0 Å². The Morgan fingerprint density at radius 1 is 1.06 bits per heavy atom. The zero-order valence-electron chi connectivity index (χ0n) is 17.8. The average Bonchev–Trinajstić information content (AvgIpc) is 2.74. The fraction of sp³-hybridized carbons (Fsp3) is 0.391. The maximum Gasteiger partial charge on any atom is 0.261 e. The van der Waals surface area contributed by atoms with Crippen LogP contribution in [0.3, 0.4) is 0 Å². The van der Waals surface area contributed by atoms with Crippen molar-refractivity contribution < 1.29 is 18.7 Å². The van der Waals surface area contributed by atoms with Crippen LogP contribution in [0.4, 0.5) is 4.39 Å². The van der Waals surface area contributed by atoms with Gasteiger partial charge in [-0.15, -0.1) is 0 Å². The quantitative estimate of drug-likeness (QED) is 0.518. The van der Waals surface area contributed by atoms with Gasteiger partial charge in [0.25, 0.3) is 5.91 Å².